The minimum Gasteiger partial charge on any atom is -0.497 e. The fourth-order valence-electron chi connectivity index (χ4n) is 3.39. The van der Waals surface area contributed by atoms with Gasteiger partial charge in [-0.3, -0.25) is 5.10 Å². The number of aromatic amines is 1. The molecule has 0 radical (unpaired) electrons. The van der Waals surface area contributed by atoms with E-state index >= 15 is 0 Å². The maximum atomic E-state index is 13.3. The van der Waals surface area contributed by atoms with E-state index in [0.717, 1.165) is 11.1 Å². The van der Waals surface area contributed by atoms with E-state index in [1.807, 2.05) is 12.1 Å². The Morgan fingerprint density at radius 2 is 1.74 bits per heavy atom. The van der Waals surface area contributed by atoms with E-state index in [1.165, 1.54) is 37.1 Å². The Labute approximate surface area is 201 Å². The van der Waals surface area contributed by atoms with E-state index in [4.69, 9.17) is 10.5 Å². The highest BCUT2D eigenvalue weighted by molar-refractivity contribution is 7.99. The summed E-state index contributed by atoms with van der Waals surface area (Å²) in [6.45, 7) is 1.36. The zero-order valence-electron chi connectivity index (χ0n) is 18.6. The minimum absolute atomic E-state index is 0.0799. The van der Waals surface area contributed by atoms with Crippen LogP contribution in [0.4, 0.5) is 0 Å². The molecule has 0 fully saturated rings. The first-order valence-corrected chi connectivity index (χ1v) is 12.7. The number of hydrogen-bond acceptors (Lipinski definition) is 9. The number of thioether (sulfide) groups is 1. The number of benzene rings is 2. The van der Waals surface area contributed by atoms with Crippen molar-refractivity contribution in [1.29, 1.82) is 0 Å². The smallest absolute Gasteiger partial charge is 0.340 e. The summed E-state index contributed by atoms with van der Waals surface area (Å²) in [7, 11) is -2.99. The molecule has 0 saturated heterocycles. The number of carbonyl (C=O) groups is 1. The lowest BCUT2D eigenvalue weighted by atomic mass is 9.94. The van der Waals surface area contributed by atoms with Gasteiger partial charge in [0.2, 0.25) is 14.7 Å². The number of nitrogens with two attached hydrogens (primary N) is 1. The molecule has 0 spiro atoms. The van der Waals surface area contributed by atoms with E-state index in [1.54, 1.807) is 31.4 Å². The van der Waals surface area contributed by atoms with Gasteiger partial charge in [-0.25, -0.2) is 18.2 Å². The second kappa shape index (κ2) is 10.1. The van der Waals surface area contributed by atoms with Crippen molar-refractivity contribution >= 4 is 27.6 Å². The van der Waals surface area contributed by atoms with Crippen molar-refractivity contribution in [2.45, 2.75) is 40.3 Å². The van der Waals surface area contributed by atoms with E-state index in [-0.39, 0.29) is 11.3 Å². The summed E-state index contributed by atoms with van der Waals surface area (Å²) < 4.78 is 31.7. The first-order valence-electron chi connectivity index (χ1n) is 10.2. The van der Waals surface area contributed by atoms with Crippen LogP contribution in [0.25, 0.3) is 11.1 Å². The largest absolute Gasteiger partial charge is 0.497 e. The summed E-state index contributed by atoms with van der Waals surface area (Å²) in [5.74, 6) is -0.715. The molecule has 12 heteroatoms. The lowest BCUT2D eigenvalue weighted by Crippen LogP contribution is -2.58. The normalized spacial score (nSPS) is 15.3. The molecule has 2 atom stereocenters. The third kappa shape index (κ3) is 5.58. The molecule has 0 amide bonds. The van der Waals surface area contributed by atoms with Crippen molar-refractivity contribution in [3.05, 3.63) is 54.9 Å². The molecule has 0 aliphatic rings. The second-order valence-corrected chi connectivity index (χ2v) is 11.3. The molecule has 1 heterocycles. The fraction of sp³-hybridized carbons (Fsp3) is 0.318. The zero-order chi connectivity index (χ0) is 25.0. The molecule has 1 aromatic heterocycles. The number of aliphatic carboxylic acids is 1. The van der Waals surface area contributed by atoms with Crippen LogP contribution in [0.15, 0.2) is 64.9 Å². The van der Waals surface area contributed by atoms with Crippen LogP contribution in [-0.2, 0) is 14.6 Å². The van der Waals surface area contributed by atoms with Gasteiger partial charge < -0.3 is 20.7 Å². The summed E-state index contributed by atoms with van der Waals surface area (Å²) >= 11 is 1.26. The topological polar surface area (TPSA) is 168 Å². The van der Waals surface area contributed by atoms with Crippen molar-refractivity contribution in [3.63, 3.8) is 0 Å². The van der Waals surface area contributed by atoms with Crippen LogP contribution in [0.2, 0.25) is 0 Å². The van der Waals surface area contributed by atoms with Gasteiger partial charge in [0, 0.05) is 12.2 Å². The van der Waals surface area contributed by atoms with Crippen molar-refractivity contribution in [2.75, 3.05) is 12.9 Å². The number of nitrogens with one attached hydrogen (secondary N) is 1. The molecule has 3 aromatic rings. The molecular weight excluding hydrogens is 480 g/mol. The molecule has 0 aliphatic carbocycles. The quantitative estimate of drug-likeness (QED) is 0.283. The highest BCUT2D eigenvalue weighted by atomic mass is 32.2. The second-order valence-electron chi connectivity index (χ2n) is 8.01. The van der Waals surface area contributed by atoms with Gasteiger partial charge in [0.15, 0.2) is 5.16 Å². The summed E-state index contributed by atoms with van der Waals surface area (Å²) in [5.41, 5.74) is 5.88. The molecule has 2 unspecified atom stereocenters. The maximum absolute atomic E-state index is 13.3. The first-order chi connectivity index (χ1) is 16.0. The molecule has 5 N–H and O–H groups in total. The number of nitrogens with zero attached hydrogens (tertiary/aromatic N) is 2. The number of sulfone groups is 1. The van der Waals surface area contributed by atoms with Gasteiger partial charge in [-0.2, -0.15) is 5.10 Å². The zero-order valence-corrected chi connectivity index (χ0v) is 20.3. The predicted octanol–water partition coefficient (Wildman–Crippen LogP) is 2.32. The summed E-state index contributed by atoms with van der Waals surface area (Å²) in [5, 5.41) is 27.5. The Kier molecular flexibility index (Phi) is 7.66. The van der Waals surface area contributed by atoms with E-state index < -0.39 is 32.7 Å². The van der Waals surface area contributed by atoms with Crippen molar-refractivity contribution in [2.24, 2.45) is 5.73 Å². The number of aliphatic hydroxyl groups is 1. The highest BCUT2D eigenvalue weighted by Gasteiger charge is 2.52. The van der Waals surface area contributed by atoms with Crippen LogP contribution in [0, 0.1) is 0 Å². The number of aromatic nitrogens is 3. The minimum atomic E-state index is -4.55. The van der Waals surface area contributed by atoms with Crippen LogP contribution in [0.3, 0.4) is 0 Å². The summed E-state index contributed by atoms with van der Waals surface area (Å²) in [6, 6.07) is 13.0. The Bertz CT molecular complexity index is 1210. The van der Waals surface area contributed by atoms with Crippen LogP contribution >= 0.6 is 11.8 Å². The monoisotopic (exact) mass is 506 g/mol. The van der Waals surface area contributed by atoms with Gasteiger partial charge in [0.05, 0.1) is 17.6 Å². The average molecular weight is 507 g/mol. The van der Waals surface area contributed by atoms with Crippen molar-refractivity contribution < 1.29 is 28.2 Å². The average Bonchev–Trinajstić information content (AvgIpc) is 3.32. The van der Waals surface area contributed by atoms with Crippen LogP contribution in [0.5, 0.6) is 5.75 Å². The van der Waals surface area contributed by atoms with Crippen LogP contribution in [-0.4, -0.2) is 63.1 Å². The van der Waals surface area contributed by atoms with Gasteiger partial charge in [-0.05, 0) is 48.7 Å². The van der Waals surface area contributed by atoms with Gasteiger partial charge in [0.1, 0.15) is 12.1 Å². The molecule has 2 aromatic carbocycles. The molecule has 0 saturated carbocycles. The number of carboxylic acids is 1. The third-order valence-corrected chi connectivity index (χ3v) is 8.39. The number of ether oxygens (including phenoxy) is 1. The SMILES string of the molecule is COc1ccc(-c2ccc(S(=O)(=O)C(N)(CC(C)(O)CCSc3ncn[nH]3)C(=O)O)cc2)cc1. The van der Waals surface area contributed by atoms with Gasteiger partial charge in [-0.15, -0.1) is 0 Å². The van der Waals surface area contributed by atoms with Crippen LogP contribution < -0.4 is 10.5 Å². The number of H-pyrrole nitrogens is 1. The molecule has 0 aliphatic heterocycles. The summed E-state index contributed by atoms with van der Waals surface area (Å²) in [4.78, 5) is 13.0. The molecule has 10 nitrogen and oxygen atoms in total. The van der Waals surface area contributed by atoms with Crippen molar-refractivity contribution in [1.82, 2.24) is 15.2 Å². The number of rotatable bonds is 11. The Hall–Kier alpha value is -2.93. The highest BCUT2D eigenvalue weighted by Crippen LogP contribution is 2.33. The van der Waals surface area contributed by atoms with E-state index in [0.29, 0.717) is 16.7 Å². The third-order valence-electron chi connectivity index (χ3n) is 5.35. The predicted molar refractivity (Wildman–Crippen MR) is 127 cm³/mol. The van der Waals surface area contributed by atoms with E-state index in [9.17, 15) is 23.4 Å². The molecular formula is C22H26N4O6S2. The van der Waals surface area contributed by atoms with E-state index in [2.05, 4.69) is 15.2 Å². The number of methoxy groups -OCH3 is 1. The molecule has 3 rings (SSSR count). The van der Waals surface area contributed by atoms with Gasteiger partial charge in [0.25, 0.3) is 0 Å². The first kappa shape index (κ1) is 25.7. The van der Waals surface area contributed by atoms with Gasteiger partial charge >= 0.3 is 5.97 Å². The Balaban J connectivity index is 1.80. The lowest BCUT2D eigenvalue weighted by Gasteiger charge is -2.33. The number of carboxylic acid groups (broad SMARTS) is 1. The Morgan fingerprint density at radius 1 is 1.15 bits per heavy atom. The standard InChI is InChI=1S/C22H26N4O6S2/c1-21(29,11-12-33-20-24-14-25-26-20)13-22(23,19(27)28)34(30,31)18-9-5-16(6-10-18)15-3-7-17(32-2)8-4-15/h3-10,14,29H,11-13,23H2,1-2H3,(H,27,28)(H,24,25,26). The van der Waals surface area contributed by atoms with Crippen molar-refractivity contribution in [3.8, 4) is 16.9 Å². The summed E-state index contributed by atoms with van der Waals surface area (Å²) in [6.07, 6.45) is 0.716. The number of hydrogen-bond donors (Lipinski definition) is 4. The molecule has 0 bridgehead atoms. The molecule has 182 valence electrons. The lowest BCUT2D eigenvalue weighted by molar-refractivity contribution is -0.142. The molecule has 34 heavy (non-hydrogen) atoms. The fourth-order valence-corrected chi connectivity index (χ4v) is 6.01. The van der Waals surface area contributed by atoms with Crippen LogP contribution in [0.1, 0.15) is 19.8 Å². The van der Waals surface area contributed by atoms with Gasteiger partial charge in [-0.1, -0.05) is 36.0 Å². The maximum Gasteiger partial charge on any atom is 0.340 e. The Morgan fingerprint density at radius 3 is 2.24 bits per heavy atom.